The van der Waals surface area contributed by atoms with Gasteiger partial charge in [0.05, 0.1) is 0 Å². The van der Waals surface area contributed by atoms with Crippen LogP contribution < -0.4 is 0 Å². The fourth-order valence-electron chi connectivity index (χ4n) is 0. The quantitative estimate of drug-likeness (QED) is 0.281. The average Bonchev–Trinajstić information content (AvgIpc) is 1.00. The number of hydrogen-bond donors (Lipinski definition) is 2. The Bertz CT molecular complexity index is 6.00. The molecule has 4 heteroatoms. The van der Waals surface area contributed by atoms with Crippen molar-refractivity contribution in [2.24, 2.45) is 0 Å². The fraction of sp³-hybridized carbons (Fsp3) is 0. The van der Waals surface area contributed by atoms with E-state index in [9.17, 15) is 0 Å². The van der Waals surface area contributed by atoms with Crippen molar-refractivity contribution in [1.82, 2.24) is 0 Å². The third-order valence-corrected chi connectivity index (χ3v) is 0. The third-order valence-electron chi connectivity index (χ3n) is 0. The maximum atomic E-state index is 6.00. The Labute approximate surface area is 40.6 Å². The molecule has 0 heterocycles. The third kappa shape index (κ3) is 15.3. The van der Waals surface area contributed by atoms with Gasteiger partial charge < -0.3 is 0 Å². The zero-order valence-electron chi connectivity index (χ0n) is 1.66. The summed E-state index contributed by atoms with van der Waals surface area (Å²) in [5.41, 5.74) is 0. The minimum absolute atomic E-state index is 0. The first-order valence-corrected chi connectivity index (χ1v) is 0.200. The van der Waals surface area contributed by atoms with E-state index in [0.29, 0.717) is 0 Å². The summed E-state index contributed by atoms with van der Waals surface area (Å²) in [4.78, 5) is 0. The summed E-state index contributed by atoms with van der Waals surface area (Å²) in [6.07, 6.45) is 0. The van der Waals surface area contributed by atoms with Gasteiger partial charge in [0.2, 0.25) is 0 Å². The second kappa shape index (κ2) is 52.2. The van der Waals surface area contributed by atoms with Gasteiger partial charge in [-0.1, -0.05) is 0 Å². The van der Waals surface area contributed by atoms with E-state index in [1.807, 2.05) is 0 Å². The van der Waals surface area contributed by atoms with Crippen LogP contribution in [-0.4, -0.2) is 10.5 Å². The molecule has 0 saturated carbocycles. The molecule has 0 radical (unpaired) electrons. The van der Waals surface area contributed by atoms with Gasteiger partial charge in [0.25, 0.3) is 0 Å². The first-order chi connectivity index (χ1) is 1.00. The molecule has 30 valence electrons. The van der Waals surface area contributed by atoms with Crippen LogP contribution in [-0.2, 0) is 17.1 Å². The molecular formula is H3ClFeO2. The van der Waals surface area contributed by atoms with Crippen molar-refractivity contribution in [3.63, 3.8) is 0 Å². The zero-order valence-corrected chi connectivity index (χ0v) is 3.58. The van der Waals surface area contributed by atoms with Crippen LogP contribution in [0.5, 0.6) is 0 Å². The second-order valence-corrected chi connectivity index (χ2v) is 0. The van der Waals surface area contributed by atoms with Crippen molar-refractivity contribution < 1.29 is 27.6 Å². The average molecular weight is 126 g/mol. The smallest absolute Gasteiger partial charge is 0 e. The molecule has 0 spiro atoms. The van der Waals surface area contributed by atoms with E-state index in [2.05, 4.69) is 0 Å². The van der Waals surface area contributed by atoms with Crippen LogP contribution in [0.15, 0.2) is 0 Å². The Hall–Kier alpha value is 0.729. The van der Waals surface area contributed by atoms with Gasteiger partial charge in [0.1, 0.15) is 0 Å². The van der Waals surface area contributed by atoms with E-state index in [4.69, 9.17) is 10.5 Å². The van der Waals surface area contributed by atoms with Gasteiger partial charge in [0.15, 0.2) is 0 Å². The van der Waals surface area contributed by atoms with E-state index >= 15 is 0 Å². The summed E-state index contributed by atoms with van der Waals surface area (Å²) in [6.45, 7) is 0. The van der Waals surface area contributed by atoms with E-state index in [1.165, 1.54) is 0 Å². The maximum Gasteiger partial charge on any atom is 0 e. The SMILES string of the molecule is Cl.OO.[Fe]. The number of halogens is 1. The van der Waals surface area contributed by atoms with Crippen LogP contribution >= 0.6 is 12.4 Å². The fourth-order valence-corrected chi connectivity index (χ4v) is 0. The molecule has 0 atom stereocenters. The van der Waals surface area contributed by atoms with Gasteiger partial charge >= 0.3 is 0 Å². The Balaban J connectivity index is -0.00000000500. The van der Waals surface area contributed by atoms with Crippen LogP contribution in [0.2, 0.25) is 0 Å². The first-order valence-electron chi connectivity index (χ1n) is 0.200. The summed E-state index contributed by atoms with van der Waals surface area (Å²) in [5.74, 6) is 0. The molecule has 2 nitrogen and oxygen atoms in total. The summed E-state index contributed by atoms with van der Waals surface area (Å²) in [6, 6.07) is 0. The molecule has 0 aliphatic heterocycles. The molecule has 0 aromatic carbocycles. The summed E-state index contributed by atoms with van der Waals surface area (Å²) < 4.78 is 0. The molecular weight excluding hydrogens is 123 g/mol. The molecule has 0 aliphatic rings. The van der Waals surface area contributed by atoms with Crippen LogP contribution in [0.25, 0.3) is 0 Å². The standard InChI is InChI=1S/ClH.Fe.H2O2/c;;1-2/h1H;;1-2H. The second-order valence-electron chi connectivity index (χ2n) is 0. The Kier molecular flexibility index (Phi) is 287. The van der Waals surface area contributed by atoms with Gasteiger partial charge in [-0.15, -0.1) is 12.4 Å². The summed E-state index contributed by atoms with van der Waals surface area (Å²) in [5, 5.41) is 12.0. The minimum Gasteiger partial charge on any atom is -0.255 e. The molecule has 0 aromatic heterocycles. The van der Waals surface area contributed by atoms with Crippen LogP contribution in [0.4, 0.5) is 0 Å². The molecule has 0 fully saturated rings. The molecule has 0 rings (SSSR count). The van der Waals surface area contributed by atoms with Crippen molar-refractivity contribution in [3.8, 4) is 0 Å². The van der Waals surface area contributed by atoms with Crippen LogP contribution in [0.1, 0.15) is 0 Å². The molecule has 0 unspecified atom stereocenters. The Morgan fingerprint density at radius 3 is 1.00 bits per heavy atom. The number of hydrogen-bond acceptors (Lipinski definition) is 2. The topological polar surface area (TPSA) is 40.5 Å². The largest absolute Gasteiger partial charge is 0.255 e. The molecule has 2 N–H and O–H groups in total. The summed E-state index contributed by atoms with van der Waals surface area (Å²) >= 11 is 0. The van der Waals surface area contributed by atoms with Gasteiger partial charge in [-0.25, -0.2) is 0 Å². The van der Waals surface area contributed by atoms with Gasteiger partial charge in [-0.05, 0) is 0 Å². The monoisotopic (exact) mass is 126 g/mol. The maximum absolute atomic E-state index is 6.00. The minimum atomic E-state index is 0. The Morgan fingerprint density at radius 1 is 1.00 bits per heavy atom. The van der Waals surface area contributed by atoms with Crippen molar-refractivity contribution in [2.75, 3.05) is 0 Å². The molecule has 0 bridgehead atoms. The normalized spacial score (nSPS) is 1.50. The predicted octanol–water partition coefficient (Wildman–Crippen LogP) is 0.437. The summed E-state index contributed by atoms with van der Waals surface area (Å²) in [7, 11) is 0. The van der Waals surface area contributed by atoms with Crippen molar-refractivity contribution in [2.45, 2.75) is 0 Å². The van der Waals surface area contributed by atoms with E-state index in [-0.39, 0.29) is 29.5 Å². The molecule has 0 saturated heterocycles. The van der Waals surface area contributed by atoms with E-state index in [0.717, 1.165) is 0 Å². The Morgan fingerprint density at radius 2 is 1.00 bits per heavy atom. The van der Waals surface area contributed by atoms with Crippen LogP contribution in [0.3, 0.4) is 0 Å². The first kappa shape index (κ1) is 22.0. The molecule has 4 heavy (non-hydrogen) atoms. The van der Waals surface area contributed by atoms with Crippen molar-refractivity contribution in [3.05, 3.63) is 0 Å². The zero-order chi connectivity index (χ0) is 2.00. The predicted molar refractivity (Wildman–Crippen MR) is 12.5 cm³/mol. The number of rotatable bonds is 0. The van der Waals surface area contributed by atoms with Gasteiger partial charge in [-0.3, -0.25) is 10.5 Å². The van der Waals surface area contributed by atoms with E-state index in [1.54, 1.807) is 0 Å². The van der Waals surface area contributed by atoms with Crippen molar-refractivity contribution in [1.29, 1.82) is 0 Å². The molecule has 0 amide bonds. The van der Waals surface area contributed by atoms with E-state index < -0.39 is 0 Å². The molecule has 0 aromatic rings. The van der Waals surface area contributed by atoms with Crippen LogP contribution in [0, 0.1) is 0 Å². The van der Waals surface area contributed by atoms with Gasteiger partial charge in [0, 0.05) is 17.1 Å². The van der Waals surface area contributed by atoms with Gasteiger partial charge in [-0.2, -0.15) is 0 Å². The molecule has 0 aliphatic carbocycles. The van der Waals surface area contributed by atoms with Crippen molar-refractivity contribution >= 4 is 12.4 Å².